The summed E-state index contributed by atoms with van der Waals surface area (Å²) in [5.74, 6) is 6.73. The number of nitrogens with zero attached hydrogens (tertiary/aromatic N) is 2. The standard InChI is InChI=1S/C16H20N4O/c1-21-16-15(18-8-9-19-16)14(20-17)13-7-6-11-4-2-3-5-12(11)10-13/h2-5,8-9,13-14,20H,6-7,10,17H2,1H3. The van der Waals surface area contributed by atoms with Gasteiger partial charge < -0.3 is 4.74 Å². The van der Waals surface area contributed by atoms with Crippen molar-refractivity contribution in [1.29, 1.82) is 0 Å². The molecule has 0 saturated carbocycles. The molecule has 0 bridgehead atoms. The minimum Gasteiger partial charge on any atom is -0.480 e. The Morgan fingerprint density at radius 3 is 2.76 bits per heavy atom. The highest BCUT2D eigenvalue weighted by atomic mass is 16.5. The first-order chi connectivity index (χ1) is 10.3. The van der Waals surface area contributed by atoms with Gasteiger partial charge in [0.1, 0.15) is 5.69 Å². The molecule has 5 heteroatoms. The molecule has 1 aliphatic carbocycles. The Bertz CT molecular complexity index is 617. The highest BCUT2D eigenvalue weighted by Crippen LogP contribution is 2.35. The van der Waals surface area contributed by atoms with Gasteiger partial charge in [-0.05, 0) is 36.3 Å². The van der Waals surface area contributed by atoms with E-state index in [-0.39, 0.29) is 6.04 Å². The second-order valence-electron chi connectivity index (χ2n) is 5.37. The number of methoxy groups -OCH3 is 1. The van der Waals surface area contributed by atoms with Gasteiger partial charge in [0.25, 0.3) is 0 Å². The van der Waals surface area contributed by atoms with Gasteiger partial charge in [0.15, 0.2) is 0 Å². The van der Waals surface area contributed by atoms with Crippen molar-refractivity contribution in [3.8, 4) is 5.88 Å². The third kappa shape index (κ3) is 2.75. The minimum absolute atomic E-state index is 0.0537. The lowest BCUT2D eigenvalue weighted by atomic mass is 9.79. The molecule has 0 fully saturated rings. The van der Waals surface area contributed by atoms with Crippen LogP contribution < -0.4 is 16.0 Å². The molecule has 1 heterocycles. The fourth-order valence-electron chi connectivity index (χ4n) is 3.16. The molecule has 2 aromatic rings. The Balaban J connectivity index is 1.88. The molecule has 1 aromatic heterocycles. The van der Waals surface area contributed by atoms with Gasteiger partial charge >= 0.3 is 0 Å². The van der Waals surface area contributed by atoms with Crippen LogP contribution in [0.4, 0.5) is 0 Å². The first kappa shape index (κ1) is 14.0. The Kier molecular flexibility index (Phi) is 4.13. The molecule has 110 valence electrons. The topological polar surface area (TPSA) is 73.1 Å². The minimum atomic E-state index is -0.0537. The van der Waals surface area contributed by atoms with E-state index in [0.29, 0.717) is 11.8 Å². The highest BCUT2D eigenvalue weighted by molar-refractivity contribution is 5.31. The van der Waals surface area contributed by atoms with Crippen molar-refractivity contribution in [1.82, 2.24) is 15.4 Å². The maximum absolute atomic E-state index is 5.81. The molecule has 3 rings (SSSR count). The smallest absolute Gasteiger partial charge is 0.237 e. The quantitative estimate of drug-likeness (QED) is 0.661. The van der Waals surface area contributed by atoms with Gasteiger partial charge in [-0.1, -0.05) is 24.3 Å². The molecule has 2 atom stereocenters. The molecule has 0 spiro atoms. The number of benzene rings is 1. The molecular weight excluding hydrogens is 264 g/mol. The number of fused-ring (bicyclic) bond motifs is 1. The zero-order chi connectivity index (χ0) is 14.7. The zero-order valence-corrected chi connectivity index (χ0v) is 12.1. The first-order valence-corrected chi connectivity index (χ1v) is 7.21. The number of ether oxygens (including phenoxy) is 1. The number of aryl methyl sites for hydroxylation is 1. The van der Waals surface area contributed by atoms with Crippen LogP contribution in [-0.2, 0) is 12.8 Å². The number of aromatic nitrogens is 2. The van der Waals surface area contributed by atoms with E-state index in [1.165, 1.54) is 11.1 Å². The summed E-state index contributed by atoms with van der Waals surface area (Å²) in [6, 6.07) is 8.54. The lowest BCUT2D eigenvalue weighted by Crippen LogP contribution is -2.37. The van der Waals surface area contributed by atoms with Crippen molar-refractivity contribution in [2.24, 2.45) is 11.8 Å². The van der Waals surface area contributed by atoms with Crippen LogP contribution in [0.3, 0.4) is 0 Å². The molecule has 0 saturated heterocycles. The molecule has 2 unspecified atom stereocenters. The molecule has 5 nitrogen and oxygen atoms in total. The second kappa shape index (κ2) is 6.20. The molecule has 3 N–H and O–H groups in total. The Morgan fingerprint density at radius 1 is 1.24 bits per heavy atom. The Labute approximate surface area is 124 Å². The van der Waals surface area contributed by atoms with Gasteiger partial charge in [-0.15, -0.1) is 0 Å². The third-order valence-electron chi connectivity index (χ3n) is 4.22. The second-order valence-corrected chi connectivity index (χ2v) is 5.37. The first-order valence-electron chi connectivity index (χ1n) is 7.21. The van der Waals surface area contributed by atoms with Crippen LogP contribution in [0.25, 0.3) is 0 Å². The summed E-state index contributed by atoms with van der Waals surface area (Å²) in [7, 11) is 1.61. The lowest BCUT2D eigenvalue weighted by Gasteiger charge is -2.31. The van der Waals surface area contributed by atoms with Gasteiger partial charge in [-0.2, -0.15) is 0 Å². The maximum atomic E-state index is 5.81. The summed E-state index contributed by atoms with van der Waals surface area (Å²) in [6.07, 6.45) is 6.45. The zero-order valence-electron chi connectivity index (χ0n) is 12.1. The Morgan fingerprint density at radius 2 is 2.00 bits per heavy atom. The number of nitrogens with two attached hydrogens (primary N) is 1. The van der Waals surface area contributed by atoms with Crippen molar-refractivity contribution in [3.05, 3.63) is 53.5 Å². The van der Waals surface area contributed by atoms with Crippen LogP contribution in [0.15, 0.2) is 36.7 Å². The molecule has 0 amide bonds. The van der Waals surface area contributed by atoms with Gasteiger partial charge in [0, 0.05) is 12.4 Å². The molecule has 0 radical (unpaired) electrons. The Hall–Kier alpha value is -1.98. The van der Waals surface area contributed by atoms with E-state index in [1.54, 1.807) is 19.5 Å². The van der Waals surface area contributed by atoms with E-state index in [4.69, 9.17) is 10.6 Å². The third-order valence-corrected chi connectivity index (χ3v) is 4.22. The fourth-order valence-corrected chi connectivity index (χ4v) is 3.16. The van der Waals surface area contributed by atoms with Crippen molar-refractivity contribution >= 4 is 0 Å². The normalized spacial score (nSPS) is 18.9. The van der Waals surface area contributed by atoms with Gasteiger partial charge in [-0.25, -0.2) is 4.98 Å². The van der Waals surface area contributed by atoms with Crippen LogP contribution >= 0.6 is 0 Å². The largest absolute Gasteiger partial charge is 0.480 e. The number of nitrogens with one attached hydrogen (secondary N) is 1. The van der Waals surface area contributed by atoms with Crippen LogP contribution in [0.1, 0.15) is 29.3 Å². The number of hydrogen-bond acceptors (Lipinski definition) is 5. The van der Waals surface area contributed by atoms with E-state index in [2.05, 4.69) is 39.7 Å². The number of hydrogen-bond donors (Lipinski definition) is 2. The maximum Gasteiger partial charge on any atom is 0.237 e. The summed E-state index contributed by atoms with van der Waals surface area (Å²) >= 11 is 0. The molecule has 1 aliphatic rings. The van der Waals surface area contributed by atoms with Crippen LogP contribution in [0, 0.1) is 5.92 Å². The summed E-state index contributed by atoms with van der Waals surface area (Å²) in [5, 5.41) is 0. The monoisotopic (exact) mass is 284 g/mol. The lowest BCUT2D eigenvalue weighted by molar-refractivity contribution is 0.305. The number of rotatable bonds is 4. The average molecular weight is 284 g/mol. The summed E-state index contributed by atoms with van der Waals surface area (Å²) in [6.45, 7) is 0. The fraction of sp³-hybridized carbons (Fsp3) is 0.375. The van der Waals surface area contributed by atoms with Crippen molar-refractivity contribution < 1.29 is 4.74 Å². The summed E-state index contributed by atoms with van der Waals surface area (Å²) < 4.78 is 5.32. The van der Waals surface area contributed by atoms with E-state index in [1.807, 2.05) is 0 Å². The molecule has 21 heavy (non-hydrogen) atoms. The average Bonchev–Trinajstić information content (AvgIpc) is 2.56. The highest BCUT2D eigenvalue weighted by Gasteiger charge is 2.29. The van der Waals surface area contributed by atoms with Gasteiger partial charge in [-0.3, -0.25) is 16.3 Å². The molecule has 1 aromatic carbocycles. The predicted molar refractivity (Wildman–Crippen MR) is 80.6 cm³/mol. The van der Waals surface area contributed by atoms with Crippen molar-refractivity contribution in [2.75, 3.05) is 7.11 Å². The molecular formula is C16H20N4O. The van der Waals surface area contributed by atoms with Crippen molar-refractivity contribution in [3.63, 3.8) is 0 Å². The predicted octanol–water partition coefficient (Wildman–Crippen LogP) is 1.79. The SMILES string of the molecule is COc1nccnc1C(NN)C1CCc2ccccc2C1. The summed E-state index contributed by atoms with van der Waals surface area (Å²) in [4.78, 5) is 8.65. The van der Waals surface area contributed by atoms with Crippen LogP contribution in [-0.4, -0.2) is 17.1 Å². The van der Waals surface area contributed by atoms with E-state index in [0.717, 1.165) is 25.0 Å². The van der Waals surface area contributed by atoms with E-state index >= 15 is 0 Å². The van der Waals surface area contributed by atoms with Crippen LogP contribution in [0.2, 0.25) is 0 Å². The summed E-state index contributed by atoms with van der Waals surface area (Å²) in [5.41, 5.74) is 6.54. The van der Waals surface area contributed by atoms with E-state index in [9.17, 15) is 0 Å². The van der Waals surface area contributed by atoms with Gasteiger partial charge in [0.05, 0.1) is 13.2 Å². The van der Waals surface area contributed by atoms with Crippen LogP contribution in [0.5, 0.6) is 5.88 Å². The molecule has 0 aliphatic heterocycles. The van der Waals surface area contributed by atoms with Crippen molar-refractivity contribution in [2.45, 2.75) is 25.3 Å². The van der Waals surface area contributed by atoms with E-state index < -0.39 is 0 Å². The van der Waals surface area contributed by atoms with Gasteiger partial charge in [0.2, 0.25) is 5.88 Å². The number of hydrazine groups is 1.